The normalized spacial score (nSPS) is 12.2. The van der Waals surface area contributed by atoms with Crippen LogP contribution in [0.1, 0.15) is 0 Å². The van der Waals surface area contributed by atoms with Crippen LogP contribution in [0.15, 0.2) is 176 Å². The third-order valence-electron chi connectivity index (χ3n) is 11.8. The van der Waals surface area contributed by atoms with Crippen LogP contribution in [0.25, 0.3) is 124 Å². The Bertz CT molecular complexity index is 3500. The van der Waals surface area contributed by atoms with Crippen molar-refractivity contribution in [2.45, 2.75) is 0 Å². The van der Waals surface area contributed by atoms with E-state index in [1.165, 1.54) is 84.4 Å². The molecule has 0 bridgehead atoms. The molecular weight excluding hydrogens is 731 g/mol. The monoisotopic (exact) mass is 759 g/mol. The van der Waals surface area contributed by atoms with Crippen LogP contribution in [0, 0.1) is 0 Å². The highest BCUT2D eigenvalue weighted by Gasteiger charge is 2.29. The van der Waals surface area contributed by atoms with Gasteiger partial charge in [0.05, 0.1) is 22.6 Å². The molecule has 5 heteroatoms. The highest BCUT2D eigenvalue weighted by molar-refractivity contribution is 7.26. The van der Waals surface area contributed by atoms with Gasteiger partial charge in [-0.2, -0.15) is 0 Å². The van der Waals surface area contributed by atoms with E-state index in [0.29, 0.717) is 0 Å². The maximum absolute atomic E-state index is 5.31. The average molecular weight is 760 g/mol. The lowest BCUT2D eigenvalue weighted by atomic mass is 10.0. The third-order valence-corrected chi connectivity index (χ3v) is 14.1. The topological polar surface area (TPSA) is 30.7 Å². The van der Waals surface area contributed by atoms with E-state index in [-0.39, 0.29) is 0 Å². The molecule has 4 heterocycles. The predicted octanol–water partition coefficient (Wildman–Crippen LogP) is 15.0. The van der Waals surface area contributed by atoms with Crippen LogP contribution in [0.4, 0.5) is 0 Å². The first-order valence-corrected chi connectivity index (χ1v) is 20.9. The van der Waals surface area contributed by atoms with Gasteiger partial charge in [0, 0.05) is 79.2 Å². The molecule has 0 aliphatic heterocycles. The van der Waals surface area contributed by atoms with E-state index in [0.717, 1.165) is 39.6 Å². The summed E-state index contributed by atoms with van der Waals surface area (Å²) < 4.78 is 7.58. The van der Waals surface area contributed by atoms with Crippen LogP contribution >= 0.6 is 22.7 Å². The number of hydrogen-bond donors (Lipinski definition) is 0. The van der Waals surface area contributed by atoms with Crippen molar-refractivity contribution in [3.63, 3.8) is 0 Å². The molecule has 0 atom stereocenters. The third kappa shape index (κ3) is 4.58. The molecule has 0 fully saturated rings. The summed E-state index contributed by atoms with van der Waals surface area (Å²) in [4.78, 5) is 10.6. The number of para-hydroxylation sites is 1. The zero-order chi connectivity index (χ0) is 37.2. The number of thiophene rings is 2. The fraction of sp³-hybridized carbons (Fsp3) is 0. The fourth-order valence-electron chi connectivity index (χ4n) is 9.19. The molecule has 4 aromatic heterocycles. The maximum atomic E-state index is 5.31. The zero-order valence-corrected chi connectivity index (χ0v) is 32.0. The predicted molar refractivity (Wildman–Crippen MR) is 243 cm³/mol. The van der Waals surface area contributed by atoms with Gasteiger partial charge < -0.3 is 4.57 Å². The number of rotatable bonds is 4. The van der Waals surface area contributed by atoms with Gasteiger partial charge in [0.2, 0.25) is 0 Å². The quantitative estimate of drug-likeness (QED) is 0.179. The SMILES string of the molecule is c1cc2c3c(cccc3c1)-c1c-2c2ccccc2n1-c1ccc(-c2cc(-c3ccc4sc5ccccc5c4c3)nc(-c3ccc4sc5ccccc5c4c3)n2)cc1. The Balaban J connectivity index is 0.989. The lowest BCUT2D eigenvalue weighted by molar-refractivity contribution is 1.14. The molecule has 12 aromatic rings. The Labute approximate surface area is 335 Å². The maximum Gasteiger partial charge on any atom is 0.160 e. The van der Waals surface area contributed by atoms with Crippen LogP contribution in [0.2, 0.25) is 0 Å². The molecule has 8 aromatic carbocycles. The minimum atomic E-state index is 0.721. The highest BCUT2D eigenvalue weighted by atomic mass is 32.1. The Hall–Kier alpha value is -6.92. The summed E-state index contributed by atoms with van der Waals surface area (Å²) in [5.74, 6) is 0.721. The standard InChI is InChI=1S/C52H29N3S2/c1-4-16-44-37(13-1)50-38-14-7-9-31-10-8-15-39(49(31)38)51(50)55(44)34-23-19-30(20-24-34)42-29-43(32-21-25-47-40(27-32)35-11-2-5-17-45(35)56-47)54-52(53-42)33-22-26-48-41(28-33)36-12-3-6-18-46(36)57-48/h1-29H. The van der Waals surface area contributed by atoms with Gasteiger partial charge in [-0.25, -0.2) is 9.97 Å². The van der Waals surface area contributed by atoms with Crippen molar-refractivity contribution in [2.75, 3.05) is 0 Å². The number of hydrogen-bond acceptors (Lipinski definition) is 4. The number of nitrogens with zero attached hydrogens (tertiary/aromatic N) is 3. The van der Waals surface area contributed by atoms with Gasteiger partial charge in [-0.3, -0.25) is 0 Å². The summed E-state index contributed by atoms with van der Waals surface area (Å²) in [6, 6.07) is 64.0. The second-order valence-electron chi connectivity index (χ2n) is 14.9. The Morgan fingerprint density at radius 1 is 0.404 bits per heavy atom. The van der Waals surface area contributed by atoms with Crippen LogP contribution in [-0.4, -0.2) is 14.5 Å². The molecular formula is C52H29N3S2. The van der Waals surface area contributed by atoms with Gasteiger partial charge in [0.15, 0.2) is 5.82 Å². The summed E-state index contributed by atoms with van der Waals surface area (Å²) in [7, 11) is 0. The van der Waals surface area contributed by atoms with E-state index >= 15 is 0 Å². The first kappa shape index (κ1) is 31.3. The van der Waals surface area contributed by atoms with Crippen LogP contribution < -0.4 is 0 Å². The Morgan fingerprint density at radius 2 is 0.965 bits per heavy atom. The van der Waals surface area contributed by atoms with Crippen molar-refractivity contribution in [1.82, 2.24) is 14.5 Å². The van der Waals surface area contributed by atoms with E-state index in [4.69, 9.17) is 9.97 Å². The Morgan fingerprint density at radius 3 is 1.68 bits per heavy atom. The number of fused-ring (bicyclic) bond motifs is 11. The average Bonchev–Trinajstić information content (AvgIpc) is 4.02. The second kappa shape index (κ2) is 11.8. The lowest BCUT2D eigenvalue weighted by Gasteiger charge is -2.13. The van der Waals surface area contributed by atoms with Crippen molar-refractivity contribution < 1.29 is 0 Å². The summed E-state index contributed by atoms with van der Waals surface area (Å²) >= 11 is 3.67. The first-order chi connectivity index (χ1) is 28.2. The summed E-state index contributed by atoms with van der Waals surface area (Å²) in [6.07, 6.45) is 0. The van der Waals surface area contributed by atoms with E-state index in [1.54, 1.807) is 0 Å². The van der Waals surface area contributed by atoms with Crippen molar-refractivity contribution in [2.24, 2.45) is 0 Å². The lowest BCUT2D eigenvalue weighted by Crippen LogP contribution is -1.98. The molecule has 0 saturated carbocycles. The molecule has 264 valence electrons. The Kier molecular flexibility index (Phi) is 6.48. The van der Waals surface area contributed by atoms with Gasteiger partial charge in [0.25, 0.3) is 0 Å². The molecule has 3 nitrogen and oxygen atoms in total. The van der Waals surface area contributed by atoms with E-state index in [1.807, 2.05) is 22.7 Å². The highest BCUT2D eigenvalue weighted by Crippen LogP contribution is 2.52. The van der Waals surface area contributed by atoms with Crippen LogP contribution in [0.3, 0.4) is 0 Å². The molecule has 0 N–H and O–H groups in total. The van der Waals surface area contributed by atoms with Gasteiger partial charge in [-0.1, -0.05) is 109 Å². The molecule has 1 aliphatic rings. The minimum absolute atomic E-state index is 0.721. The summed E-state index contributed by atoms with van der Waals surface area (Å²) in [5, 5.41) is 8.94. The van der Waals surface area contributed by atoms with Gasteiger partial charge in [-0.05, 0) is 83.1 Å². The van der Waals surface area contributed by atoms with Gasteiger partial charge >= 0.3 is 0 Å². The van der Waals surface area contributed by atoms with Crippen molar-refractivity contribution in [3.8, 4) is 62.0 Å². The van der Waals surface area contributed by atoms with Crippen LogP contribution in [0.5, 0.6) is 0 Å². The first-order valence-electron chi connectivity index (χ1n) is 19.2. The van der Waals surface area contributed by atoms with E-state index in [9.17, 15) is 0 Å². The molecule has 1 aliphatic carbocycles. The molecule has 0 saturated heterocycles. The van der Waals surface area contributed by atoms with E-state index < -0.39 is 0 Å². The van der Waals surface area contributed by atoms with Crippen molar-refractivity contribution in [3.05, 3.63) is 176 Å². The molecule has 0 spiro atoms. The number of aromatic nitrogens is 3. The second-order valence-corrected chi connectivity index (χ2v) is 17.1. The minimum Gasteiger partial charge on any atom is -0.309 e. The molecule has 13 rings (SSSR count). The summed E-state index contributed by atoms with van der Waals surface area (Å²) in [5.41, 5.74) is 12.5. The largest absolute Gasteiger partial charge is 0.309 e. The van der Waals surface area contributed by atoms with Crippen molar-refractivity contribution >= 4 is 84.7 Å². The van der Waals surface area contributed by atoms with Gasteiger partial charge in [-0.15, -0.1) is 22.7 Å². The molecule has 0 unspecified atom stereocenters. The molecule has 0 amide bonds. The molecule has 0 radical (unpaired) electrons. The van der Waals surface area contributed by atoms with Crippen molar-refractivity contribution in [1.29, 1.82) is 0 Å². The summed E-state index contributed by atoms with van der Waals surface area (Å²) in [6.45, 7) is 0. The number of benzene rings is 8. The molecule has 57 heavy (non-hydrogen) atoms. The zero-order valence-electron chi connectivity index (χ0n) is 30.4. The smallest absolute Gasteiger partial charge is 0.160 e. The van der Waals surface area contributed by atoms with Crippen LogP contribution in [-0.2, 0) is 0 Å². The van der Waals surface area contributed by atoms with Gasteiger partial charge in [0.1, 0.15) is 0 Å². The fourth-order valence-corrected chi connectivity index (χ4v) is 11.4. The van der Waals surface area contributed by atoms with E-state index in [2.05, 4.69) is 180 Å².